The number of aliphatic carboxylic acids is 2. The fourth-order valence-corrected chi connectivity index (χ4v) is 9.05. The molecule has 484 valence electrons. The molecule has 10 atom stereocenters. The van der Waals surface area contributed by atoms with Crippen LogP contribution in [0.4, 0.5) is 9.59 Å². The number of rotatable bonds is 34. The maximum atomic E-state index is 13.8. The van der Waals surface area contributed by atoms with Gasteiger partial charge in [-0.05, 0) is 72.2 Å². The fraction of sp³-hybridized carbons (Fsp3) is 0.393. The SMILES string of the molecule is CC(C)[C@H](NC(=O)[C@H](Cc1ccc(O)cc1)NC(=O)OCc1ccccc1)C(=O)N[C@@H](C)C(=O)N[C@@H](CC(=O)O)C(=O)C(Cl)C(=O)C(Cl)C(=O)[C@H](CC(=O)O)NC(=O)[C@H](C)NC(=O)[C@@H](NC(=O)[C@H](Cc1ccc(O)cc1)NC(=O)OCc1ccccc1)C(C)C. The second-order valence-electron chi connectivity index (χ2n) is 21.4. The van der Waals surface area contributed by atoms with Gasteiger partial charge in [0, 0.05) is 12.8 Å². The number of hydrogen-bond donors (Lipinski definition) is 12. The molecule has 0 aliphatic rings. The first-order valence-electron chi connectivity index (χ1n) is 28.1. The zero-order valence-electron chi connectivity index (χ0n) is 49.7. The number of nitrogens with one attached hydrogen (secondary N) is 8. The molecule has 0 radical (unpaired) electrons. The number of carbonyl (C=O) groups excluding carboxylic acids is 11. The number of halogens is 2. The first kappa shape index (κ1) is 72.8. The van der Waals surface area contributed by atoms with E-state index < -0.39 is 161 Å². The highest BCUT2D eigenvalue weighted by Crippen LogP contribution is 2.18. The Morgan fingerprint density at radius 3 is 1.00 bits per heavy atom. The van der Waals surface area contributed by atoms with Crippen molar-refractivity contribution in [2.75, 3.05) is 0 Å². The highest BCUT2D eigenvalue weighted by molar-refractivity contribution is 6.53. The van der Waals surface area contributed by atoms with Gasteiger partial charge in [0.15, 0.2) is 28.1 Å². The van der Waals surface area contributed by atoms with Crippen LogP contribution in [0.3, 0.4) is 0 Å². The number of ketones is 3. The number of aromatic hydroxyl groups is 2. The van der Waals surface area contributed by atoms with Gasteiger partial charge in [-0.15, -0.1) is 23.2 Å². The van der Waals surface area contributed by atoms with Crippen molar-refractivity contribution in [2.45, 2.75) is 140 Å². The average Bonchev–Trinajstić information content (AvgIpc) is 1.27. The van der Waals surface area contributed by atoms with Gasteiger partial charge in [0.25, 0.3) is 0 Å². The summed E-state index contributed by atoms with van der Waals surface area (Å²) < 4.78 is 10.6. The van der Waals surface area contributed by atoms with Gasteiger partial charge in [0.1, 0.15) is 73.0 Å². The van der Waals surface area contributed by atoms with Gasteiger partial charge in [0.2, 0.25) is 35.4 Å². The van der Waals surface area contributed by atoms with Crippen molar-refractivity contribution in [3.63, 3.8) is 0 Å². The summed E-state index contributed by atoms with van der Waals surface area (Å²) in [7, 11) is 0. The number of Topliss-reactive ketones (excluding diaryl/α,β-unsaturated/α-hetero) is 3. The highest BCUT2D eigenvalue weighted by Gasteiger charge is 2.42. The van der Waals surface area contributed by atoms with Crippen LogP contribution >= 0.6 is 23.2 Å². The predicted octanol–water partition coefficient (Wildman–Crippen LogP) is 2.61. The lowest BCUT2D eigenvalue weighted by molar-refractivity contribution is -0.142. The molecule has 0 aromatic heterocycles. The minimum absolute atomic E-state index is 0.0714. The van der Waals surface area contributed by atoms with Crippen LogP contribution in [-0.2, 0) is 88.3 Å². The van der Waals surface area contributed by atoms with E-state index in [1.54, 1.807) is 88.4 Å². The van der Waals surface area contributed by atoms with Gasteiger partial charge in [-0.1, -0.05) is 113 Å². The van der Waals surface area contributed by atoms with E-state index in [0.29, 0.717) is 22.3 Å². The van der Waals surface area contributed by atoms with E-state index >= 15 is 0 Å². The lowest BCUT2D eigenvalue weighted by atomic mass is 9.97. The molecule has 29 heteroatoms. The van der Waals surface area contributed by atoms with E-state index in [-0.39, 0.29) is 37.6 Å². The molecule has 4 aromatic carbocycles. The molecule has 0 aliphatic heterocycles. The molecule has 0 heterocycles. The Kier molecular flexibility index (Phi) is 28.6. The molecule has 90 heavy (non-hydrogen) atoms. The summed E-state index contributed by atoms with van der Waals surface area (Å²) in [4.78, 5) is 173. The Labute approximate surface area is 527 Å². The standard InChI is InChI=1S/C61H72Cl2N8O19/c1-31(2)49(70-56(83)43(25-35-17-21-39(72)22-18-35)68-60(87)89-29-37-13-9-7-10-14-37)58(85)64-33(5)54(81)66-41(27-45(74)75)51(78)47(62)53(80)48(63)52(79)42(28-46(76)77)67-55(82)34(6)65-59(86)50(32(3)4)71-57(84)44(26-36-19-23-40(73)24-20-36)69-61(88)90-30-38-15-11-8-12-16-38/h7-24,31-34,41-44,47-50,72-73H,25-30H2,1-6H3,(H,64,85)(H,65,86)(H,66,81)(H,67,82)(H,68,87)(H,69,88)(H,70,83)(H,71,84)(H,74,75)(H,76,77)/t33-,34-,41-,42-,43-,44-,47?,48?,49-,50-/m0/s1. The van der Waals surface area contributed by atoms with E-state index in [1.165, 1.54) is 48.5 Å². The van der Waals surface area contributed by atoms with Crippen molar-refractivity contribution < 1.29 is 92.2 Å². The van der Waals surface area contributed by atoms with Crippen LogP contribution in [0.5, 0.6) is 11.5 Å². The fourth-order valence-electron chi connectivity index (χ4n) is 8.43. The minimum Gasteiger partial charge on any atom is -0.508 e. The van der Waals surface area contributed by atoms with Crippen LogP contribution in [0.15, 0.2) is 109 Å². The number of phenols is 2. The number of carboxylic acid groups (broad SMARTS) is 2. The van der Waals surface area contributed by atoms with Gasteiger partial charge in [-0.3, -0.25) is 52.7 Å². The Balaban J connectivity index is 1.40. The van der Waals surface area contributed by atoms with Crippen LogP contribution in [0.2, 0.25) is 0 Å². The van der Waals surface area contributed by atoms with E-state index in [2.05, 4.69) is 42.5 Å². The molecule has 0 aliphatic carbocycles. The zero-order chi connectivity index (χ0) is 66.9. The van der Waals surface area contributed by atoms with Crippen molar-refractivity contribution in [2.24, 2.45) is 11.8 Å². The maximum Gasteiger partial charge on any atom is 0.408 e. The quantitative estimate of drug-likeness (QED) is 0.0236. The normalized spacial score (nSPS) is 14.3. The second-order valence-corrected chi connectivity index (χ2v) is 22.3. The molecule has 12 N–H and O–H groups in total. The molecule has 0 saturated carbocycles. The Hall–Kier alpha value is -9.63. The monoisotopic (exact) mass is 1290 g/mol. The summed E-state index contributed by atoms with van der Waals surface area (Å²) in [5, 5.41) is 52.9. The highest BCUT2D eigenvalue weighted by atomic mass is 35.5. The molecule has 0 saturated heterocycles. The maximum absolute atomic E-state index is 13.8. The number of hydrogen-bond acceptors (Lipinski definition) is 17. The number of amides is 8. The number of alkyl halides is 2. The smallest absolute Gasteiger partial charge is 0.408 e. The number of carbonyl (C=O) groups is 13. The Bertz CT molecular complexity index is 2990. The number of ether oxygens (including phenoxy) is 2. The van der Waals surface area contributed by atoms with Crippen molar-refractivity contribution >= 4 is 100 Å². The van der Waals surface area contributed by atoms with E-state index in [9.17, 15) is 82.8 Å². The summed E-state index contributed by atoms with van der Waals surface area (Å²) in [5.41, 5.74) is 2.27. The molecule has 0 spiro atoms. The lowest BCUT2D eigenvalue weighted by Gasteiger charge is -2.27. The van der Waals surface area contributed by atoms with Crippen LogP contribution in [0.25, 0.3) is 0 Å². The van der Waals surface area contributed by atoms with Gasteiger partial charge in [-0.25, -0.2) is 9.59 Å². The number of carboxylic acids is 2. The third-order valence-corrected chi connectivity index (χ3v) is 14.3. The van der Waals surface area contributed by atoms with Crippen molar-refractivity contribution in [1.29, 1.82) is 0 Å². The van der Waals surface area contributed by atoms with Gasteiger partial charge < -0.3 is 72.4 Å². The number of phenolic OH excluding ortho intramolecular Hbond substituents is 2. The summed E-state index contributed by atoms with van der Waals surface area (Å²) in [5.74, 6) is -15.7. The zero-order valence-corrected chi connectivity index (χ0v) is 51.2. The average molecular weight is 1290 g/mol. The molecule has 0 fully saturated rings. The van der Waals surface area contributed by atoms with E-state index in [0.717, 1.165) is 13.8 Å². The van der Waals surface area contributed by atoms with Gasteiger partial charge in [0.05, 0.1) is 12.8 Å². The molecule has 2 unspecified atom stereocenters. The summed E-state index contributed by atoms with van der Waals surface area (Å²) in [6.45, 7) is 8.13. The number of benzene rings is 4. The summed E-state index contributed by atoms with van der Waals surface area (Å²) in [6, 6.07) is 15.7. The topological polar surface area (TPSA) is 418 Å². The second kappa shape index (κ2) is 35.4. The third-order valence-electron chi connectivity index (χ3n) is 13.5. The minimum atomic E-state index is -2.51. The molecule has 4 aromatic rings. The molecule has 4 rings (SSSR count). The van der Waals surface area contributed by atoms with Crippen LogP contribution in [0, 0.1) is 11.8 Å². The van der Waals surface area contributed by atoms with Crippen molar-refractivity contribution in [1.82, 2.24) is 42.5 Å². The van der Waals surface area contributed by atoms with Crippen LogP contribution < -0.4 is 42.5 Å². The summed E-state index contributed by atoms with van der Waals surface area (Å²) >= 11 is 12.4. The first-order chi connectivity index (χ1) is 42.4. The lowest BCUT2D eigenvalue weighted by Crippen LogP contribution is -2.59. The number of alkyl carbamates (subject to hydrolysis) is 2. The summed E-state index contributed by atoms with van der Waals surface area (Å²) in [6.07, 6.45) is -4.69. The third kappa shape index (κ3) is 23.8. The van der Waals surface area contributed by atoms with E-state index in [4.69, 9.17) is 32.7 Å². The van der Waals surface area contributed by atoms with Gasteiger partial charge in [-0.2, -0.15) is 0 Å². The molecule has 27 nitrogen and oxygen atoms in total. The molecule has 0 bridgehead atoms. The molecular formula is C61H72Cl2N8O19. The van der Waals surface area contributed by atoms with Crippen molar-refractivity contribution in [3.8, 4) is 11.5 Å². The molecular weight excluding hydrogens is 1220 g/mol. The van der Waals surface area contributed by atoms with E-state index in [1.807, 2.05) is 0 Å². The van der Waals surface area contributed by atoms with Gasteiger partial charge >= 0.3 is 24.1 Å². The Morgan fingerprint density at radius 2 is 0.700 bits per heavy atom. The Morgan fingerprint density at radius 1 is 0.378 bits per heavy atom. The van der Waals surface area contributed by atoms with Crippen LogP contribution in [-0.4, -0.2) is 156 Å². The van der Waals surface area contributed by atoms with Crippen LogP contribution in [0.1, 0.15) is 76.6 Å². The largest absolute Gasteiger partial charge is 0.508 e. The van der Waals surface area contributed by atoms with Crippen molar-refractivity contribution in [3.05, 3.63) is 131 Å². The molecule has 8 amide bonds. The first-order valence-corrected chi connectivity index (χ1v) is 29.0. The predicted molar refractivity (Wildman–Crippen MR) is 322 cm³/mol.